The molecule has 3 N–H and O–H groups in total. The Labute approximate surface area is 111 Å². The third-order valence-corrected chi connectivity index (χ3v) is 6.26. The smallest absolute Gasteiger partial charge is 0.0616 e. The molecule has 104 valence electrons. The molecule has 0 aliphatic heterocycles. The molecule has 4 bridgehead atoms. The van der Waals surface area contributed by atoms with Crippen LogP contribution in [0.3, 0.4) is 0 Å². The molecule has 18 heavy (non-hydrogen) atoms. The summed E-state index contributed by atoms with van der Waals surface area (Å²) in [6.45, 7) is 5.05. The second kappa shape index (κ2) is 4.79. The Hall–Kier alpha value is -0.0800. The molecule has 4 aliphatic carbocycles. The lowest BCUT2D eigenvalue weighted by atomic mass is 9.50. The van der Waals surface area contributed by atoms with Crippen molar-refractivity contribution >= 4 is 0 Å². The summed E-state index contributed by atoms with van der Waals surface area (Å²) in [6, 6.07) is 0. The molecule has 0 amide bonds. The van der Waals surface area contributed by atoms with E-state index in [0.717, 1.165) is 23.7 Å². The quantitative estimate of drug-likeness (QED) is 0.807. The summed E-state index contributed by atoms with van der Waals surface area (Å²) in [6.07, 6.45) is 6.91. The van der Waals surface area contributed by atoms with Gasteiger partial charge in [-0.2, -0.15) is 0 Å². The van der Waals surface area contributed by atoms with Crippen LogP contribution in [-0.2, 0) is 0 Å². The largest absolute Gasteiger partial charge is 0.392 e. The van der Waals surface area contributed by atoms with Crippen molar-refractivity contribution in [2.24, 2.45) is 47.2 Å². The van der Waals surface area contributed by atoms with Gasteiger partial charge >= 0.3 is 0 Å². The normalized spacial score (nSPS) is 45.5. The van der Waals surface area contributed by atoms with E-state index >= 15 is 0 Å². The zero-order valence-electron chi connectivity index (χ0n) is 11.9. The summed E-state index contributed by atoms with van der Waals surface area (Å²) in [5.41, 5.74) is 5.91. The minimum absolute atomic E-state index is 0.148. The van der Waals surface area contributed by atoms with Gasteiger partial charge in [0, 0.05) is 0 Å². The highest BCUT2D eigenvalue weighted by Crippen LogP contribution is 2.58. The highest BCUT2D eigenvalue weighted by atomic mass is 16.3. The van der Waals surface area contributed by atoms with Gasteiger partial charge in [0.1, 0.15) is 0 Å². The molecule has 0 radical (unpaired) electrons. The Balaban J connectivity index is 1.76. The molecule has 2 heteroatoms. The number of nitrogens with two attached hydrogens (primary N) is 1. The summed E-state index contributed by atoms with van der Waals surface area (Å²) in [4.78, 5) is 0. The van der Waals surface area contributed by atoms with E-state index in [2.05, 4.69) is 13.8 Å². The number of aliphatic hydroxyl groups excluding tert-OH is 1. The zero-order chi connectivity index (χ0) is 12.9. The van der Waals surface area contributed by atoms with Gasteiger partial charge in [-0.15, -0.1) is 0 Å². The molecule has 4 saturated carbocycles. The molecule has 4 fully saturated rings. The molecule has 4 aliphatic rings. The van der Waals surface area contributed by atoms with Crippen molar-refractivity contribution in [3.63, 3.8) is 0 Å². The van der Waals surface area contributed by atoms with Crippen molar-refractivity contribution in [1.82, 2.24) is 0 Å². The van der Waals surface area contributed by atoms with Crippen LogP contribution < -0.4 is 5.73 Å². The zero-order valence-corrected chi connectivity index (χ0v) is 11.9. The van der Waals surface area contributed by atoms with Crippen molar-refractivity contribution in [2.45, 2.75) is 52.1 Å². The van der Waals surface area contributed by atoms with E-state index < -0.39 is 0 Å². The van der Waals surface area contributed by atoms with Crippen molar-refractivity contribution in [3.8, 4) is 0 Å². The van der Waals surface area contributed by atoms with Gasteiger partial charge in [-0.3, -0.25) is 0 Å². The number of rotatable bonds is 4. The molecule has 0 saturated heterocycles. The van der Waals surface area contributed by atoms with E-state index in [1.807, 2.05) is 0 Å². The molecule has 0 aromatic rings. The monoisotopic (exact) mass is 251 g/mol. The van der Waals surface area contributed by atoms with E-state index in [1.54, 1.807) is 0 Å². The first kappa shape index (κ1) is 12.9. The fourth-order valence-electron chi connectivity index (χ4n) is 5.62. The first-order chi connectivity index (χ1) is 8.60. The summed E-state index contributed by atoms with van der Waals surface area (Å²) in [7, 11) is 0. The second-order valence-corrected chi connectivity index (χ2v) is 7.64. The minimum atomic E-state index is -0.148. The maximum atomic E-state index is 10.8. The van der Waals surface area contributed by atoms with E-state index in [4.69, 9.17) is 5.73 Å². The highest BCUT2D eigenvalue weighted by molar-refractivity contribution is 5.01. The summed E-state index contributed by atoms with van der Waals surface area (Å²) < 4.78 is 0. The lowest BCUT2D eigenvalue weighted by Gasteiger charge is -2.56. The van der Waals surface area contributed by atoms with Crippen LogP contribution in [0, 0.1) is 41.4 Å². The molecule has 0 aromatic carbocycles. The van der Waals surface area contributed by atoms with Gasteiger partial charge in [-0.1, -0.05) is 13.8 Å². The number of hydrogen-bond donors (Lipinski definition) is 2. The van der Waals surface area contributed by atoms with E-state index in [1.165, 1.54) is 32.1 Å². The third-order valence-electron chi connectivity index (χ3n) is 6.26. The Kier molecular flexibility index (Phi) is 3.44. The fraction of sp³-hybridized carbons (Fsp3) is 1.00. The van der Waals surface area contributed by atoms with Crippen molar-refractivity contribution in [2.75, 3.05) is 6.54 Å². The maximum Gasteiger partial charge on any atom is 0.0616 e. The molecular formula is C16H29NO. The predicted molar refractivity (Wildman–Crippen MR) is 73.9 cm³/mol. The van der Waals surface area contributed by atoms with Crippen LogP contribution >= 0.6 is 0 Å². The van der Waals surface area contributed by atoms with Crippen molar-refractivity contribution in [3.05, 3.63) is 0 Å². The molecule has 0 heterocycles. The molecule has 2 nitrogen and oxygen atoms in total. The number of hydrogen-bond acceptors (Lipinski definition) is 2. The van der Waals surface area contributed by atoms with Gasteiger partial charge in [-0.05, 0) is 80.1 Å². The third kappa shape index (κ3) is 2.02. The standard InChI is InChI=1S/C16H29NO/c1-9(2)14(8-17)16(18)15-12-4-10-3-11(6-12)7-13(15)5-10/h9-16,18H,3-8,17H2,1-2H3. The van der Waals surface area contributed by atoms with Crippen LogP contribution in [0.15, 0.2) is 0 Å². The van der Waals surface area contributed by atoms with Crippen LogP contribution in [0.1, 0.15) is 46.0 Å². The lowest BCUT2D eigenvalue weighted by Crippen LogP contribution is -2.52. The SMILES string of the molecule is CC(C)C(CN)C(O)C1C2CC3CC(C2)CC1C3. The van der Waals surface area contributed by atoms with Gasteiger partial charge in [0.05, 0.1) is 6.10 Å². The molecular weight excluding hydrogens is 222 g/mol. The first-order valence-electron chi connectivity index (χ1n) is 7.98. The Morgan fingerprint density at radius 1 is 1.00 bits per heavy atom. The Morgan fingerprint density at radius 3 is 1.89 bits per heavy atom. The predicted octanol–water partition coefficient (Wildman–Crippen LogP) is 2.65. The molecule has 0 spiro atoms. The second-order valence-electron chi connectivity index (χ2n) is 7.64. The van der Waals surface area contributed by atoms with Gasteiger partial charge < -0.3 is 10.8 Å². The average molecular weight is 251 g/mol. The van der Waals surface area contributed by atoms with Crippen LogP contribution in [0.4, 0.5) is 0 Å². The molecule has 2 unspecified atom stereocenters. The minimum Gasteiger partial charge on any atom is -0.392 e. The lowest BCUT2D eigenvalue weighted by molar-refractivity contribution is -0.110. The highest BCUT2D eigenvalue weighted by Gasteiger charge is 2.51. The average Bonchev–Trinajstić information content (AvgIpc) is 2.27. The van der Waals surface area contributed by atoms with E-state index in [-0.39, 0.29) is 6.10 Å². The topological polar surface area (TPSA) is 46.2 Å². The molecule has 2 atom stereocenters. The van der Waals surface area contributed by atoms with Gasteiger partial charge in [0.25, 0.3) is 0 Å². The molecule has 4 rings (SSSR count). The molecule has 0 aromatic heterocycles. The van der Waals surface area contributed by atoms with E-state index in [0.29, 0.717) is 24.3 Å². The van der Waals surface area contributed by atoms with Crippen LogP contribution in [0.2, 0.25) is 0 Å². The van der Waals surface area contributed by atoms with Crippen LogP contribution in [0.25, 0.3) is 0 Å². The summed E-state index contributed by atoms with van der Waals surface area (Å²) in [5.74, 6) is 4.97. The van der Waals surface area contributed by atoms with E-state index in [9.17, 15) is 5.11 Å². The summed E-state index contributed by atoms with van der Waals surface area (Å²) in [5, 5.41) is 10.8. The number of aliphatic hydroxyl groups is 1. The van der Waals surface area contributed by atoms with Crippen molar-refractivity contribution < 1.29 is 5.11 Å². The maximum absolute atomic E-state index is 10.8. The fourth-order valence-corrected chi connectivity index (χ4v) is 5.62. The van der Waals surface area contributed by atoms with Gasteiger partial charge in [-0.25, -0.2) is 0 Å². The van der Waals surface area contributed by atoms with Crippen LogP contribution in [0.5, 0.6) is 0 Å². The van der Waals surface area contributed by atoms with Crippen LogP contribution in [-0.4, -0.2) is 17.8 Å². The van der Waals surface area contributed by atoms with Gasteiger partial charge in [0.2, 0.25) is 0 Å². The Bertz CT molecular complexity index is 273. The van der Waals surface area contributed by atoms with Gasteiger partial charge in [0.15, 0.2) is 0 Å². The first-order valence-corrected chi connectivity index (χ1v) is 7.98. The Morgan fingerprint density at radius 2 is 1.50 bits per heavy atom. The summed E-state index contributed by atoms with van der Waals surface area (Å²) >= 11 is 0. The van der Waals surface area contributed by atoms with Crippen molar-refractivity contribution in [1.29, 1.82) is 0 Å².